The van der Waals surface area contributed by atoms with Gasteiger partial charge in [-0.25, -0.2) is 0 Å². The fraction of sp³-hybridized carbons (Fsp3) is 0.0909. The van der Waals surface area contributed by atoms with E-state index in [1.165, 1.54) is 0 Å². The highest BCUT2D eigenvalue weighted by Crippen LogP contribution is 2.23. The van der Waals surface area contributed by atoms with Gasteiger partial charge in [0.05, 0.1) is 5.52 Å². The molecule has 0 N–H and O–H groups in total. The zero-order valence-corrected chi connectivity index (χ0v) is 8.38. The highest BCUT2D eigenvalue weighted by molar-refractivity contribution is 6.32. The van der Waals surface area contributed by atoms with Crippen LogP contribution in [-0.4, -0.2) is 11.3 Å². The van der Waals surface area contributed by atoms with Gasteiger partial charge in [-0.2, -0.15) is 0 Å². The standard InChI is InChI=1S/C11H8ClNO/c1-7-10(12)3-2-9-4-8(6-14)5-13-11(7)9/h2-6H,1H3. The second-order valence-corrected chi connectivity index (χ2v) is 3.54. The molecule has 2 rings (SSSR count). The van der Waals surface area contributed by atoms with E-state index in [0.29, 0.717) is 10.6 Å². The summed E-state index contributed by atoms with van der Waals surface area (Å²) < 4.78 is 0. The predicted octanol–water partition coefficient (Wildman–Crippen LogP) is 3.01. The zero-order valence-electron chi connectivity index (χ0n) is 7.62. The van der Waals surface area contributed by atoms with Crippen molar-refractivity contribution >= 4 is 28.8 Å². The molecule has 0 atom stereocenters. The number of pyridine rings is 1. The number of hydrogen-bond acceptors (Lipinski definition) is 2. The molecule has 3 heteroatoms. The van der Waals surface area contributed by atoms with Gasteiger partial charge in [0.15, 0.2) is 6.29 Å². The summed E-state index contributed by atoms with van der Waals surface area (Å²) in [6, 6.07) is 5.48. The molecule has 1 aromatic heterocycles. The van der Waals surface area contributed by atoms with Crippen LogP contribution in [0.1, 0.15) is 15.9 Å². The van der Waals surface area contributed by atoms with Crippen LogP contribution in [0.2, 0.25) is 5.02 Å². The molecule has 2 nitrogen and oxygen atoms in total. The number of carbonyl (C=O) groups excluding carboxylic acids is 1. The molecule has 0 amide bonds. The van der Waals surface area contributed by atoms with Crippen molar-refractivity contribution in [2.75, 3.05) is 0 Å². The highest BCUT2D eigenvalue weighted by Gasteiger charge is 2.03. The van der Waals surface area contributed by atoms with Crippen molar-refractivity contribution in [1.82, 2.24) is 4.98 Å². The molecule has 0 aliphatic heterocycles. The summed E-state index contributed by atoms with van der Waals surface area (Å²) in [6.07, 6.45) is 2.34. The average Bonchev–Trinajstić information content (AvgIpc) is 2.23. The summed E-state index contributed by atoms with van der Waals surface area (Å²) in [5.74, 6) is 0. The maximum atomic E-state index is 10.5. The fourth-order valence-corrected chi connectivity index (χ4v) is 1.56. The third-order valence-corrected chi connectivity index (χ3v) is 2.61. The van der Waals surface area contributed by atoms with Gasteiger partial charge >= 0.3 is 0 Å². The molecule has 0 bridgehead atoms. The molecule has 1 aromatic carbocycles. The number of nitrogens with zero attached hydrogens (tertiary/aromatic N) is 1. The Morgan fingerprint density at radius 3 is 2.93 bits per heavy atom. The van der Waals surface area contributed by atoms with Crippen LogP contribution in [0.25, 0.3) is 10.9 Å². The Morgan fingerprint density at radius 2 is 2.21 bits per heavy atom. The number of benzene rings is 1. The Morgan fingerprint density at radius 1 is 1.43 bits per heavy atom. The van der Waals surface area contributed by atoms with E-state index >= 15 is 0 Å². The van der Waals surface area contributed by atoms with Crippen molar-refractivity contribution in [1.29, 1.82) is 0 Å². The molecule has 0 saturated carbocycles. The van der Waals surface area contributed by atoms with E-state index in [1.807, 2.05) is 19.1 Å². The van der Waals surface area contributed by atoms with Crippen molar-refractivity contribution in [2.24, 2.45) is 0 Å². The first-order valence-electron chi connectivity index (χ1n) is 4.22. The third kappa shape index (κ3) is 1.38. The van der Waals surface area contributed by atoms with Crippen LogP contribution >= 0.6 is 11.6 Å². The number of aryl methyl sites for hydroxylation is 1. The largest absolute Gasteiger partial charge is 0.298 e. The van der Waals surface area contributed by atoms with Gasteiger partial charge in [-0.1, -0.05) is 17.7 Å². The first kappa shape index (κ1) is 9.16. The molecule has 0 aliphatic carbocycles. The highest BCUT2D eigenvalue weighted by atomic mass is 35.5. The van der Waals surface area contributed by atoms with Gasteiger partial charge in [0.25, 0.3) is 0 Å². The minimum absolute atomic E-state index is 0.583. The summed E-state index contributed by atoms with van der Waals surface area (Å²) in [5, 5.41) is 1.64. The number of carbonyl (C=O) groups is 1. The summed E-state index contributed by atoms with van der Waals surface area (Å²) in [5.41, 5.74) is 2.38. The van der Waals surface area contributed by atoms with Crippen molar-refractivity contribution in [2.45, 2.75) is 6.92 Å². The molecule has 0 unspecified atom stereocenters. The molecule has 0 radical (unpaired) electrons. The zero-order chi connectivity index (χ0) is 10.1. The smallest absolute Gasteiger partial charge is 0.151 e. The molecule has 0 saturated heterocycles. The lowest BCUT2D eigenvalue weighted by Crippen LogP contribution is -1.87. The molecule has 14 heavy (non-hydrogen) atoms. The van der Waals surface area contributed by atoms with Crippen LogP contribution in [0.15, 0.2) is 24.4 Å². The van der Waals surface area contributed by atoms with Crippen LogP contribution in [0.5, 0.6) is 0 Å². The van der Waals surface area contributed by atoms with E-state index in [2.05, 4.69) is 4.98 Å². The van der Waals surface area contributed by atoms with Gasteiger partial charge in [-0.3, -0.25) is 9.78 Å². The van der Waals surface area contributed by atoms with Gasteiger partial charge in [0.2, 0.25) is 0 Å². The van der Waals surface area contributed by atoms with Crippen LogP contribution in [0.3, 0.4) is 0 Å². The SMILES string of the molecule is Cc1c(Cl)ccc2cc(C=O)cnc12. The van der Waals surface area contributed by atoms with E-state index in [1.54, 1.807) is 12.3 Å². The van der Waals surface area contributed by atoms with Crippen LogP contribution in [0, 0.1) is 6.92 Å². The van der Waals surface area contributed by atoms with Gasteiger partial charge < -0.3 is 0 Å². The molecular formula is C11H8ClNO. The van der Waals surface area contributed by atoms with E-state index in [-0.39, 0.29) is 0 Å². The minimum atomic E-state index is 0.583. The summed E-state index contributed by atoms with van der Waals surface area (Å²) in [7, 11) is 0. The number of aldehydes is 1. The molecule has 0 aliphatic rings. The van der Waals surface area contributed by atoms with E-state index < -0.39 is 0 Å². The molecule has 0 spiro atoms. The van der Waals surface area contributed by atoms with Gasteiger partial charge in [0.1, 0.15) is 0 Å². The third-order valence-electron chi connectivity index (χ3n) is 2.20. The maximum absolute atomic E-state index is 10.5. The quantitative estimate of drug-likeness (QED) is 0.670. The first-order chi connectivity index (χ1) is 6.72. The van der Waals surface area contributed by atoms with Crippen molar-refractivity contribution in [3.63, 3.8) is 0 Å². The lowest BCUT2D eigenvalue weighted by molar-refractivity contribution is 0.112. The average molecular weight is 206 g/mol. The van der Waals surface area contributed by atoms with Crippen LogP contribution in [0.4, 0.5) is 0 Å². The molecule has 2 aromatic rings. The number of fused-ring (bicyclic) bond motifs is 1. The summed E-state index contributed by atoms with van der Waals surface area (Å²) in [6.45, 7) is 1.91. The maximum Gasteiger partial charge on any atom is 0.151 e. The predicted molar refractivity (Wildman–Crippen MR) is 56.9 cm³/mol. The Bertz CT molecular complexity index is 508. The Kier molecular flexibility index (Phi) is 2.22. The number of aromatic nitrogens is 1. The molecule has 1 heterocycles. The lowest BCUT2D eigenvalue weighted by atomic mass is 10.1. The fourth-order valence-electron chi connectivity index (χ4n) is 1.40. The van der Waals surface area contributed by atoms with E-state index in [4.69, 9.17) is 11.6 Å². The Balaban J connectivity index is 2.81. The number of hydrogen-bond donors (Lipinski definition) is 0. The van der Waals surface area contributed by atoms with Crippen LogP contribution < -0.4 is 0 Å². The lowest BCUT2D eigenvalue weighted by Gasteiger charge is -2.03. The van der Waals surface area contributed by atoms with Gasteiger partial charge in [0, 0.05) is 22.2 Å². The monoisotopic (exact) mass is 205 g/mol. The van der Waals surface area contributed by atoms with Crippen molar-refractivity contribution in [3.05, 3.63) is 40.5 Å². The molecular weight excluding hydrogens is 198 g/mol. The van der Waals surface area contributed by atoms with E-state index in [9.17, 15) is 4.79 Å². The minimum Gasteiger partial charge on any atom is -0.298 e. The number of rotatable bonds is 1. The second kappa shape index (κ2) is 3.39. The van der Waals surface area contributed by atoms with E-state index in [0.717, 1.165) is 22.8 Å². The summed E-state index contributed by atoms with van der Waals surface area (Å²) >= 11 is 5.95. The van der Waals surface area contributed by atoms with Gasteiger partial charge in [-0.05, 0) is 24.6 Å². The first-order valence-corrected chi connectivity index (χ1v) is 4.60. The normalized spacial score (nSPS) is 10.4. The van der Waals surface area contributed by atoms with Crippen LogP contribution in [-0.2, 0) is 0 Å². The van der Waals surface area contributed by atoms with Gasteiger partial charge in [-0.15, -0.1) is 0 Å². The molecule has 70 valence electrons. The topological polar surface area (TPSA) is 30.0 Å². The summed E-state index contributed by atoms with van der Waals surface area (Å²) in [4.78, 5) is 14.7. The number of halogens is 1. The van der Waals surface area contributed by atoms with Crippen molar-refractivity contribution in [3.8, 4) is 0 Å². The Labute approximate surface area is 86.5 Å². The molecule has 0 fully saturated rings. The second-order valence-electron chi connectivity index (χ2n) is 3.13. The van der Waals surface area contributed by atoms with Crippen molar-refractivity contribution < 1.29 is 4.79 Å². The Hall–Kier alpha value is -1.41.